The maximum atomic E-state index is 12.0. The molecule has 8 heteroatoms. The number of carbonyl (C=O) groups is 1. The molecule has 4 atom stereocenters. The van der Waals surface area contributed by atoms with Crippen LogP contribution in [0.1, 0.15) is 150 Å². The van der Waals surface area contributed by atoms with Gasteiger partial charge < -0.3 is 23.9 Å². The molecule has 0 fully saturated rings. The van der Waals surface area contributed by atoms with Gasteiger partial charge >= 0.3 is 11.5 Å². The molecule has 0 heterocycles. The fraction of sp³-hybridized carbons (Fsp3) is 0.968. The lowest BCUT2D eigenvalue weighted by Gasteiger charge is -2.25. The van der Waals surface area contributed by atoms with Crippen LogP contribution in [0.3, 0.4) is 0 Å². The molecule has 0 aliphatic heterocycles. The summed E-state index contributed by atoms with van der Waals surface area (Å²) in [6.07, 6.45) is 22.8. The van der Waals surface area contributed by atoms with Gasteiger partial charge in [-0.15, -0.1) is 0 Å². The summed E-state index contributed by atoms with van der Waals surface area (Å²) in [6, 6.07) is 0. The molecule has 0 bridgehead atoms. The second-order valence-electron chi connectivity index (χ2n) is 11.2. The van der Waals surface area contributed by atoms with Crippen LogP contribution in [0.4, 0.5) is 0 Å². The third kappa shape index (κ3) is 22.2. The lowest BCUT2D eigenvalue weighted by Crippen LogP contribution is -2.39. The smallest absolute Gasteiger partial charge is 0.374 e. The van der Waals surface area contributed by atoms with Crippen LogP contribution in [0.25, 0.3) is 0 Å². The fourth-order valence-electron chi connectivity index (χ4n) is 4.51. The number of hydrogen-bond acceptors (Lipinski definition) is 7. The van der Waals surface area contributed by atoms with Gasteiger partial charge in [0.05, 0.1) is 18.8 Å². The molecular formula is C31H63O6PS. The first-order valence-corrected chi connectivity index (χ1v) is 18.2. The van der Waals surface area contributed by atoms with Crippen molar-refractivity contribution in [2.24, 2.45) is 0 Å². The van der Waals surface area contributed by atoms with E-state index in [1.165, 1.54) is 115 Å². The predicted octanol–water partition coefficient (Wildman–Crippen LogP) is 8.93. The summed E-state index contributed by atoms with van der Waals surface area (Å²) >= 11 is 2.06. The van der Waals surface area contributed by atoms with E-state index in [4.69, 9.17) is 14.2 Å². The highest BCUT2D eigenvalue weighted by Crippen LogP contribution is 2.26. The maximum absolute atomic E-state index is 12.0. The average Bonchev–Trinajstić information content (AvgIpc) is 2.91. The molecule has 0 rings (SSSR count). The van der Waals surface area contributed by atoms with Crippen LogP contribution in [0.15, 0.2) is 0 Å². The van der Waals surface area contributed by atoms with Crippen molar-refractivity contribution < 1.29 is 28.7 Å². The van der Waals surface area contributed by atoms with Crippen molar-refractivity contribution in [2.75, 3.05) is 19.0 Å². The Balaban J connectivity index is 4.35. The van der Waals surface area contributed by atoms with E-state index in [0.29, 0.717) is 18.3 Å². The molecule has 0 saturated carbocycles. The molecule has 0 aliphatic carbocycles. The Hall–Kier alpha value is -0.0700. The van der Waals surface area contributed by atoms with Crippen molar-refractivity contribution in [3.8, 4) is 0 Å². The van der Waals surface area contributed by atoms with Gasteiger partial charge in [-0.25, -0.2) is 4.79 Å². The highest BCUT2D eigenvalue weighted by molar-refractivity contribution is 7.99. The zero-order valence-electron chi connectivity index (χ0n) is 26.1. The minimum absolute atomic E-state index is 0.0828. The molecule has 0 aliphatic rings. The Kier molecular flexibility index (Phi) is 26.8. The van der Waals surface area contributed by atoms with Gasteiger partial charge in [-0.05, 0) is 45.8 Å². The number of ether oxygens (including phenoxy) is 3. The molecular weight excluding hydrogens is 531 g/mol. The molecule has 0 radical (unpaired) electrons. The number of thioether (sulfide) groups is 1. The molecule has 0 aromatic heterocycles. The van der Waals surface area contributed by atoms with E-state index in [-0.39, 0.29) is 12.7 Å². The van der Waals surface area contributed by atoms with Gasteiger partial charge in [0.25, 0.3) is 0 Å². The molecule has 0 aromatic carbocycles. The van der Waals surface area contributed by atoms with Gasteiger partial charge in [-0.2, -0.15) is 11.8 Å². The number of hydrogen-bond donors (Lipinski definition) is 1. The first kappa shape index (κ1) is 38.9. The Labute approximate surface area is 246 Å². The van der Waals surface area contributed by atoms with Crippen molar-refractivity contribution in [3.05, 3.63) is 0 Å². The quantitative estimate of drug-likeness (QED) is 0.0401. The van der Waals surface area contributed by atoms with E-state index in [0.717, 1.165) is 0 Å². The van der Waals surface area contributed by atoms with Crippen LogP contribution in [0.2, 0.25) is 0 Å². The normalized spacial score (nSPS) is 15.2. The third-order valence-corrected chi connectivity index (χ3v) is 9.28. The van der Waals surface area contributed by atoms with Crippen LogP contribution >= 0.6 is 20.2 Å². The zero-order chi connectivity index (χ0) is 29.2. The van der Waals surface area contributed by atoms with Gasteiger partial charge in [0.1, 0.15) is 8.46 Å². The molecule has 234 valence electrons. The summed E-state index contributed by atoms with van der Waals surface area (Å²) in [5.41, 5.74) is -2.35. The van der Waals surface area contributed by atoms with E-state index in [1.54, 1.807) is 13.8 Å². The lowest BCUT2D eigenvalue weighted by molar-refractivity contribution is -0.199. The van der Waals surface area contributed by atoms with Crippen molar-refractivity contribution in [2.45, 2.75) is 173 Å². The molecule has 0 saturated heterocycles. The highest BCUT2D eigenvalue weighted by Gasteiger charge is 2.38. The number of rotatable bonds is 29. The monoisotopic (exact) mass is 594 g/mol. The van der Waals surface area contributed by atoms with Crippen LogP contribution in [-0.4, -0.2) is 53.0 Å². The number of aliphatic hydroxyl groups is 1. The highest BCUT2D eigenvalue weighted by atomic mass is 32.2. The van der Waals surface area contributed by atoms with Crippen molar-refractivity contribution in [1.29, 1.82) is 0 Å². The summed E-state index contributed by atoms with van der Waals surface area (Å²) in [5.74, 6) is 0.199. The van der Waals surface area contributed by atoms with Gasteiger partial charge in [-0.1, -0.05) is 110 Å². The van der Waals surface area contributed by atoms with Crippen LogP contribution in [0, 0.1) is 0 Å². The molecule has 4 unspecified atom stereocenters. The van der Waals surface area contributed by atoms with E-state index in [2.05, 4.69) is 32.5 Å². The minimum Gasteiger partial charge on any atom is -0.459 e. The summed E-state index contributed by atoms with van der Waals surface area (Å²) in [4.78, 5) is 12.0. The summed E-state index contributed by atoms with van der Waals surface area (Å²) in [7, 11) is -1.88. The Morgan fingerprint density at radius 1 is 0.769 bits per heavy atom. The van der Waals surface area contributed by atoms with Gasteiger partial charge in [0.15, 0.2) is 0 Å². The van der Waals surface area contributed by atoms with E-state index in [9.17, 15) is 14.5 Å². The summed E-state index contributed by atoms with van der Waals surface area (Å²) in [5, 5.41) is 10.7. The lowest BCUT2D eigenvalue weighted by atomic mass is 10.1. The van der Waals surface area contributed by atoms with Crippen molar-refractivity contribution in [3.63, 3.8) is 0 Å². The second kappa shape index (κ2) is 26.8. The van der Waals surface area contributed by atoms with Crippen LogP contribution in [0.5, 0.6) is 0 Å². The topological polar surface area (TPSA) is 82.1 Å². The molecule has 0 amide bonds. The van der Waals surface area contributed by atoms with E-state index >= 15 is 0 Å². The van der Waals surface area contributed by atoms with Gasteiger partial charge in [0.2, 0.25) is 0 Å². The van der Waals surface area contributed by atoms with Crippen molar-refractivity contribution >= 4 is 26.2 Å². The third-order valence-electron chi connectivity index (χ3n) is 6.98. The molecule has 0 aromatic rings. The largest absolute Gasteiger partial charge is 0.459 e. The molecule has 39 heavy (non-hydrogen) atoms. The van der Waals surface area contributed by atoms with Gasteiger partial charge in [-0.3, -0.25) is 0 Å². The van der Waals surface area contributed by atoms with Crippen molar-refractivity contribution in [1.82, 2.24) is 0 Å². The van der Waals surface area contributed by atoms with Crippen LogP contribution < -0.4 is 0 Å². The van der Waals surface area contributed by atoms with E-state index in [1.807, 2.05) is 0 Å². The number of esters is 1. The predicted molar refractivity (Wildman–Crippen MR) is 169 cm³/mol. The zero-order valence-corrected chi connectivity index (χ0v) is 28.0. The average molecular weight is 595 g/mol. The molecule has 1 N–H and O–H groups in total. The summed E-state index contributed by atoms with van der Waals surface area (Å²) < 4.78 is 27.8. The fourth-order valence-corrected chi connectivity index (χ4v) is 6.21. The maximum Gasteiger partial charge on any atom is 0.374 e. The van der Waals surface area contributed by atoms with E-state index < -0.39 is 26.1 Å². The Morgan fingerprint density at radius 3 is 1.79 bits per heavy atom. The summed E-state index contributed by atoms with van der Waals surface area (Å²) in [6.45, 7) is 10.6. The first-order chi connectivity index (χ1) is 18.8. The SMILES string of the molecule is CCCCCCCCCCCCSC(CCCCCCCC)C(C)OCCCOC(O)([PH2]=O)C(=O)OC(C)C. The number of carbonyl (C=O) groups excluding carboxylic acids is 1. The molecule has 6 nitrogen and oxygen atoms in total. The number of unbranched alkanes of at least 4 members (excludes halogenated alkanes) is 14. The van der Waals surface area contributed by atoms with Gasteiger partial charge in [0, 0.05) is 11.9 Å². The minimum atomic E-state index is -2.35. The standard InChI is InChI=1S/C31H63O6PS/c1-6-8-10-12-14-15-16-17-19-21-26-39-29(23-20-18-13-11-9-7-2)28(5)35-24-22-25-36-31(33,38-34)30(32)37-27(3)4/h27-29,33H,6-26,38H2,1-5H3. The first-order valence-electron chi connectivity index (χ1n) is 16.1. The molecule has 0 spiro atoms. The Morgan fingerprint density at radius 2 is 1.28 bits per heavy atom. The Bertz CT molecular complexity index is 579. The second-order valence-corrected chi connectivity index (χ2v) is 13.6. The van der Waals surface area contributed by atoms with Crippen LogP contribution in [-0.2, 0) is 23.6 Å².